The summed E-state index contributed by atoms with van der Waals surface area (Å²) in [5.74, 6) is 1.26. The smallest absolute Gasteiger partial charge is 0.261 e. The molecule has 174 valence electrons. The molecule has 7 nitrogen and oxygen atoms in total. The number of rotatable bonds is 4. The topological polar surface area (TPSA) is 86.1 Å². The number of aromatic nitrogens is 3. The minimum absolute atomic E-state index is 0.0227. The number of methoxy groups -OCH3 is 1. The van der Waals surface area contributed by atoms with Crippen molar-refractivity contribution in [1.29, 1.82) is 0 Å². The van der Waals surface area contributed by atoms with Gasteiger partial charge in [0.15, 0.2) is 5.13 Å². The van der Waals surface area contributed by atoms with E-state index in [9.17, 15) is 9.59 Å². The Morgan fingerprint density at radius 2 is 1.94 bits per heavy atom. The second kappa shape index (κ2) is 9.38. The summed E-state index contributed by atoms with van der Waals surface area (Å²) in [4.78, 5) is 35.3. The number of carbonyl (C=O) groups is 1. The van der Waals surface area contributed by atoms with Crippen molar-refractivity contribution in [2.24, 2.45) is 0 Å². The van der Waals surface area contributed by atoms with Crippen LogP contribution in [0.25, 0.3) is 22.2 Å². The number of hydrogen-bond acceptors (Lipinski definition) is 6. The molecular weight excluding hydrogens is 448 g/mol. The van der Waals surface area contributed by atoms with Gasteiger partial charge in [-0.05, 0) is 50.1 Å². The van der Waals surface area contributed by atoms with Gasteiger partial charge < -0.3 is 4.74 Å². The lowest BCUT2D eigenvalue weighted by Crippen LogP contribution is -2.26. The van der Waals surface area contributed by atoms with Crippen LogP contribution in [0.15, 0.2) is 46.6 Å². The van der Waals surface area contributed by atoms with Crippen LogP contribution in [0.3, 0.4) is 0 Å². The third kappa shape index (κ3) is 4.33. The zero-order valence-corrected chi connectivity index (χ0v) is 20.1. The van der Waals surface area contributed by atoms with Crippen molar-refractivity contribution in [3.63, 3.8) is 0 Å². The van der Waals surface area contributed by atoms with Crippen LogP contribution in [0, 0.1) is 6.92 Å². The van der Waals surface area contributed by atoms with E-state index in [2.05, 4.69) is 10.3 Å². The molecule has 0 aliphatic carbocycles. The molecule has 34 heavy (non-hydrogen) atoms. The molecule has 2 aromatic carbocycles. The number of benzene rings is 2. The number of ether oxygens (including phenoxy) is 1. The summed E-state index contributed by atoms with van der Waals surface area (Å²) < 4.78 is 7.27. The average Bonchev–Trinajstić information content (AvgIpc) is 3.28. The molecule has 0 fully saturated rings. The summed E-state index contributed by atoms with van der Waals surface area (Å²) in [5, 5.41) is 5.81. The molecule has 1 N–H and O–H groups in total. The van der Waals surface area contributed by atoms with Gasteiger partial charge in [0.2, 0.25) is 0 Å². The lowest BCUT2D eigenvalue weighted by atomic mass is 10.1. The summed E-state index contributed by atoms with van der Waals surface area (Å²) in [6.07, 6.45) is 5.09. The predicted molar refractivity (Wildman–Crippen MR) is 135 cm³/mol. The number of anilines is 1. The van der Waals surface area contributed by atoms with Gasteiger partial charge in [0.25, 0.3) is 11.5 Å². The lowest BCUT2D eigenvalue weighted by Gasteiger charge is -2.16. The highest BCUT2D eigenvalue weighted by molar-refractivity contribution is 7.14. The van der Waals surface area contributed by atoms with E-state index in [-0.39, 0.29) is 11.5 Å². The van der Waals surface area contributed by atoms with Gasteiger partial charge in [0.05, 0.1) is 23.7 Å². The number of aryl methyl sites for hydroxylation is 2. The third-order valence-electron chi connectivity index (χ3n) is 6.18. The molecule has 0 saturated heterocycles. The summed E-state index contributed by atoms with van der Waals surface area (Å²) in [6, 6.07) is 11.0. The second-order valence-corrected chi connectivity index (χ2v) is 9.43. The monoisotopic (exact) mass is 474 g/mol. The zero-order chi connectivity index (χ0) is 23.7. The number of hydrogen-bond donors (Lipinski definition) is 1. The Bertz CT molecular complexity index is 1440. The first kappa shape index (κ1) is 22.3. The molecular formula is C26H26N4O3S. The van der Waals surface area contributed by atoms with Crippen molar-refractivity contribution in [3.8, 4) is 17.0 Å². The standard InChI is InChI=1S/C26H26N4O3S/c1-16-8-11-22(33-2)19(13-16)21-15-34-26(28-21)29-24(31)17-9-10-18-20(14-17)27-23-7-5-3-4-6-12-30(23)25(18)32/h8-11,13-15H,3-7,12H2,1-2H3,(H,28,29,31). The van der Waals surface area contributed by atoms with Crippen LogP contribution in [0.2, 0.25) is 0 Å². The summed E-state index contributed by atoms with van der Waals surface area (Å²) >= 11 is 1.35. The number of carbonyl (C=O) groups excluding carboxylic acids is 1. The van der Waals surface area contributed by atoms with Crippen LogP contribution in [-0.2, 0) is 13.0 Å². The Kier molecular flexibility index (Phi) is 6.15. The minimum Gasteiger partial charge on any atom is -0.496 e. The van der Waals surface area contributed by atoms with E-state index in [1.807, 2.05) is 30.5 Å². The maximum Gasteiger partial charge on any atom is 0.261 e. The molecule has 0 unspecified atom stereocenters. The number of amides is 1. The minimum atomic E-state index is -0.285. The number of nitrogens with one attached hydrogen (secondary N) is 1. The predicted octanol–water partition coefficient (Wildman–Crippen LogP) is 5.21. The number of fused-ring (bicyclic) bond motifs is 2. The van der Waals surface area contributed by atoms with Gasteiger partial charge in [-0.2, -0.15) is 0 Å². The highest BCUT2D eigenvalue weighted by Crippen LogP contribution is 2.33. The van der Waals surface area contributed by atoms with E-state index in [1.165, 1.54) is 11.3 Å². The molecule has 0 saturated carbocycles. The third-order valence-corrected chi connectivity index (χ3v) is 6.94. The van der Waals surface area contributed by atoms with Crippen molar-refractivity contribution < 1.29 is 9.53 Å². The summed E-state index contributed by atoms with van der Waals surface area (Å²) in [5.41, 5.74) is 3.71. The lowest BCUT2D eigenvalue weighted by molar-refractivity contribution is 0.102. The first-order chi connectivity index (χ1) is 16.5. The molecule has 1 amide bonds. The van der Waals surface area contributed by atoms with Crippen molar-refractivity contribution in [2.45, 2.75) is 45.6 Å². The van der Waals surface area contributed by atoms with Gasteiger partial charge >= 0.3 is 0 Å². The Balaban J connectivity index is 1.42. The van der Waals surface area contributed by atoms with Crippen LogP contribution in [0.5, 0.6) is 5.75 Å². The van der Waals surface area contributed by atoms with E-state index in [4.69, 9.17) is 9.72 Å². The van der Waals surface area contributed by atoms with Crippen molar-refractivity contribution >= 4 is 33.3 Å². The zero-order valence-electron chi connectivity index (χ0n) is 19.3. The van der Waals surface area contributed by atoms with Gasteiger partial charge in [0, 0.05) is 29.5 Å². The maximum absolute atomic E-state index is 13.0. The van der Waals surface area contributed by atoms with Crippen LogP contribution < -0.4 is 15.6 Å². The Morgan fingerprint density at radius 3 is 2.79 bits per heavy atom. The Morgan fingerprint density at radius 1 is 1.09 bits per heavy atom. The van der Waals surface area contributed by atoms with Crippen LogP contribution in [0.4, 0.5) is 5.13 Å². The molecule has 4 aromatic rings. The SMILES string of the molecule is COc1ccc(C)cc1-c1csc(NC(=O)c2ccc3c(=O)n4c(nc3c2)CCCCCC4)n1. The van der Waals surface area contributed by atoms with Gasteiger partial charge in [0.1, 0.15) is 11.6 Å². The highest BCUT2D eigenvalue weighted by atomic mass is 32.1. The van der Waals surface area contributed by atoms with Gasteiger partial charge in [-0.25, -0.2) is 9.97 Å². The highest BCUT2D eigenvalue weighted by Gasteiger charge is 2.16. The Labute approximate surface area is 201 Å². The van der Waals surface area contributed by atoms with Crippen molar-refractivity contribution in [1.82, 2.24) is 14.5 Å². The van der Waals surface area contributed by atoms with E-state index < -0.39 is 0 Å². The molecule has 0 bridgehead atoms. The number of nitrogens with zero attached hydrogens (tertiary/aromatic N) is 3. The number of thiazole rings is 1. The fourth-order valence-electron chi connectivity index (χ4n) is 4.38. The van der Waals surface area contributed by atoms with E-state index in [0.29, 0.717) is 28.1 Å². The maximum atomic E-state index is 13.0. The summed E-state index contributed by atoms with van der Waals surface area (Å²) in [6.45, 7) is 2.72. The fraction of sp³-hybridized carbons (Fsp3) is 0.308. The van der Waals surface area contributed by atoms with Gasteiger partial charge in [-0.15, -0.1) is 11.3 Å². The average molecular weight is 475 g/mol. The van der Waals surface area contributed by atoms with Gasteiger partial charge in [-0.1, -0.05) is 24.5 Å². The van der Waals surface area contributed by atoms with Crippen LogP contribution in [-0.4, -0.2) is 27.6 Å². The first-order valence-corrected chi connectivity index (χ1v) is 12.4. The molecule has 5 rings (SSSR count). The van der Waals surface area contributed by atoms with Crippen molar-refractivity contribution in [3.05, 3.63) is 69.1 Å². The van der Waals surface area contributed by atoms with Crippen LogP contribution in [0.1, 0.15) is 47.4 Å². The quantitative estimate of drug-likeness (QED) is 0.439. The molecule has 2 aromatic heterocycles. The van der Waals surface area contributed by atoms with E-state index >= 15 is 0 Å². The molecule has 0 radical (unpaired) electrons. The van der Waals surface area contributed by atoms with Crippen molar-refractivity contribution in [2.75, 3.05) is 12.4 Å². The second-order valence-electron chi connectivity index (χ2n) is 8.58. The molecule has 3 heterocycles. The summed E-state index contributed by atoms with van der Waals surface area (Å²) in [7, 11) is 1.63. The normalized spacial score (nSPS) is 13.7. The van der Waals surface area contributed by atoms with Crippen LogP contribution >= 0.6 is 11.3 Å². The largest absolute Gasteiger partial charge is 0.496 e. The fourth-order valence-corrected chi connectivity index (χ4v) is 5.09. The molecule has 8 heteroatoms. The first-order valence-electron chi connectivity index (χ1n) is 11.5. The van der Waals surface area contributed by atoms with Gasteiger partial charge in [-0.3, -0.25) is 19.5 Å². The molecule has 1 aliphatic heterocycles. The van der Waals surface area contributed by atoms with E-state index in [1.54, 1.807) is 29.9 Å². The molecule has 0 atom stereocenters. The molecule has 1 aliphatic rings. The molecule has 0 spiro atoms. The Hall–Kier alpha value is -3.52. The van der Waals surface area contributed by atoms with E-state index in [0.717, 1.165) is 60.5 Å².